The van der Waals surface area contributed by atoms with Gasteiger partial charge in [-0.2, -0.15) is 26.3 Å². The van der Waals surface area contributed by atoms with Crippen LogP contribution in [0.2, 0.25) is 0 Å². The Hall–Kier alpha value is -5.57. The molecule has 0 radical (unpaired) electrons. The molecule has 1 aliphatic rings. The summed E-state index contributed by atoms with van der Waals surface area (Å²) >= 11 is 0. The lowest BCUT2D eigenvalue weighted by molar-refractivity contribution is -0.137. The van der Waals surface area contributed by atoms with Crippen molar-refractivity contribution < 1.29 is 44.1 Å². The van der Waals surface area contributed by atoms with Gasteiger partial charge in [0, 0.05) is 29.4 Å². The van der Waals surface area contributed by atoms with Crippen LogP contribution < -0.4 is 5.46 Å². The molecule has 5 aromatic carbocycles. The third kappa shape index (κ3) is 9.00. The van der Waals surface area contributed by atoms with E-state index in [2.05, 4.69) is 9.97 Å². The lowest BCUT2D eigenvalue weighted by atomic mass is 9.77. The third-order valence-electron chi connectivity index (χ3n) is 11.4. The summed E-state index contributed by atoms with van der Waals surface area (Å²) in [6.07, 6.45) is -4.34. The van der Waals surface area contributed by atoms with Gasteiger partial charge in [-0.25, -0.2) is 8.42 Å². The number of sulfone groups is 1. The number of benzene rings is 5. The SMILES string of the molecule is Cc1cnc2c(C(F)(F)F)cccc2c1-c1cccc(B2OC(C)(C)C(C)(C)O2)c1.Cc1cnc2c(C(F)(F)F)cccc2c1-c1cccc(Cc2cccc(S(C)(=O)=O)c2)c1. The lowest BCUT2D eigenvalue weighted by Gasteiger charge is -2.32. The molecular weight excluding hydrogens is 825 g/mol. The van der Waals surface area contributed by atoms with Gasteiger partial charge in [-0.3, -0.25) is 9.97 Å². The quantitative estimate of drug-likeness (QED) is 0.122. The number of hydrogen-bond acceptors (Lipinski definition) is 6. The van der Waals surface area contributed by atoms with E-state index in [0.29, 0.717) is 22.8 Å². The van der Waals surface area contributed by atoms with Gasteiger partial charge >= 0.3 is 19.5 Å². The van der Waals surface area contributed by atoms with Crippen molar-refractivity contribution in [2.45, 2.75) is 76.4 Å². The molecule has 3 heterocycles. The molecule has 8 rings (SSSR count). The first kappa shape index (κ1) is 44.5. The van der Waals surface area contributed by atoms with Crippen LogP contribution in [0.1, 0.15) is 61.1 Å². The number of nitrogens with zero attached hydrogens (tertiary/aromatic N) is 2. The zero-order chi connectivity index (χ0) is 45.0. The van der Waals surface area contributed by atoms with E-state index in [-0.39, 0.29) is 15.9 Å². The van der Waals surface area contributed by atoms with E-state index < -0.39 is 51.6 Å². The first-order valence-electron chi connectivity index (χ1n) is 19.7. The minimum absolute atomic E-state index is 0.0494. The van der Waals surface area contributed by atoms with Crippen molar-refractivity contribution in [3.8, 4) is 22.3 Å². The summed E-state index contributed by atoms with van der Waals surface area (Å²) in [5.74, 6) is 0. The average Bonchev–Trinajstić information content (AvgIpc) is 3.42. The van der Waals surface area contributed by atoms with E-state index in [1.165, 1.54) is 30.8 Å². The summed E-state index contributed by atoms with van der Waals surface area (Å²) < 4.78 is 117. The number of para-hydroxylation sites is 2. The number of alkyl halides is 6. The predicted octanol–water partition coefficient (Wildman–Crippen LogP) is 11.8. The Kier molecular flexibility index (Phi) is 11.7. The Balaban J connectivity index is 0.000000187. The zero-order valence-electron chi connectivity index (χ0n) is 35.0. The van der Waals surface area contributed by atoms with E-state index in [0.717, 1.165) is 56.5 Å². The van der Waals surface area contributed by atoms with E-state index in [4.69, 9.17) is 9.31 Å². The average molecular weight is 869 g/mol. The highest BCUT2D eigenvalue weighted by atomic mass is 32.2. The van der Waals surface area contributed by atoms with Crippen LogP contribution in [0.4, 0.5) is 26.3 Å². The van der Waals surface area contributed by atoms with Crippen LogP contribution in [0.5, 0.6) is 0 Å². The van der Waals surface area contributed by atoms with Gasteiger partial charge in [0.1, 0.15) is 0 Å². The van der Waals surface area contributed by atoms with Crippen molar-refractivity contribution >= 4 is 44.2 Å². The lowest BCUT2D eigenvalue weighted by Crippen LogP contribution is -2.41. The van der Waals surface area contributed by atoms with Crippen molar-refractivity contribution in [3.63, 3.8) is 0 Å². The number of fused-ring (bicyclic) bond motifs is 2. The van der Waals surface area contributed by atoms with E-state index in [9.17, 15) is 34.8 Å². The van der Waals surface area contributed by atoms with Gasteiger partial charge in [-0.05, 0) is 122 Å². The van der Waals surface area contributed by atoms with Crippen molar-refractivity contribution in [3.05, 3.63) is 155 Å². The molecule has 0 atom stereocenters. The zero-order valence-corrected chi connectivity index (χ0v) is 35.9. The first-order chi connectivity index (χ1) is 28.9. The molecule has 6 nitrogen and oxygen atoms in total. The van der Waals surface area contributed by atoms with Crippen LogP contribution in [0.25, 0.3) is 44.1 Å². The Morgan fingerprint density at radius 2 is 1.03 bits per heavy atom. The molecule has 1 fully saturated rings. The summed E-state index contributed by atoms with van der Waals surface area (Å²) in [5, 5.41) is 0.909. The molecule has 320 valence electrons. The van der Waals surface area contributed by atoms with Crippen LogP contribution in [0, 0.1) is 13.8 Å². The molecule has 1 aliphatic heterocycles. The summed E-state index contributed by atoms with van der Waals surface area (Å²) in [5.41, 5.74) is 4.58. The molecular formula is C48H43BF6N2O4S. The van der Waals surface area contributed by atoms with Gasteiger partial charge in [-0.15, -0.1) is 0 Å². The van der Waals surface area contributed by atoms with Crippen LogP contribution in [-0.2, 0) is 37.9 Å². The molecule has 0 spiro atoms. The molecule has 0 unspecified atom stereocenters. The maximum absolute atomic E-state index is 13.5. The summed E-state index contributed by atoms with van der Waals surface area (Å²) in [4.78, 5) is 8.43. The standard InChI is InChI=1S/C25H20F3NO2S.C23H23BF3NO2/c1-16-15-29-24-21(10-5-11-22(24)25(26,27)28)23(16)19-8-3-6-17(13-19)12-18-7-4-9-20(14-18)32(2,30)31;1-14-13-28-20-17(10-7-11-18(20)23(25,26)27)19(14)15-8-6-9-16(12-15)24-29-21(2,3)22(4,5)30-24/h3-11,13-15H,12H2,1-2H3;6-13H,1-5H3. The Morgan fingerprint density at radius 1 is 0.597 bits per heavy atom. The molecule has 0 aliphatic carbocycles. The molecule has 0 bridgehead atoms. The normalized spacial score (nSPS) is 15.1. The molecule has 0 amide bonds. The number of hydrogen-bond donors (Lipinski definition) is 0. The van der Waals surface area contributed by atoms with Gasteiger partial charge in [0.2, 0.25) is 0 Å². The third-order valence-corrected chi connectivity index (χ3v) is 12.5. The number of halogens is 6. The maximum atomic E-state index is 13.5. The summed E-state index contributed by atoms with van der Waals surface area (Å²) in [7, 11) is -3.86. The second kappa shape index (κ2) is 16.3. The smallest absolute Gasteiger partial charge is 0.399 e. The fraction of sp³-hybridized carbons (Fsp3) is 0.250. The maximum Gasteiger partial charge on any atom is 0.494 e. The van der Waals surface area contributed by atoms with Gasteiger partial charge in [0.25, 0.3) is 0 Å². The molecule has 62 heavy (non-hydrogen) atoms. The minimum atomic E-state index is -4.49. The van der Waals surface area contributed by atoms with Crippen molar-refractivity contribution in [2.75, 3.05) is 6.26 Å². The van der Waals surface area contributed by atoms with Gasteiger partial charge < -0.3 is 9.31 Å². The highest BCUT2D eigenvalue weighted by Gasteiger charge is 2.51. The Morgan fingerprint density at radius 3 is 1.52 bits per heavy atom. The second-order valence-corrected chi connectivity index (χ2v) is 18.6. The number of rotatable bonds is 6. The fourth-order valence-corrected chi connectivity index (χ4v) is 8.34. The van der Waals surface area contributed by atoms with E-state index in [1.54, 1.807) is 30.3 Å². The highest BCUT2D eigenvalue weighted by Crippen LogP contribution is 2.41. The molecule has 0 N–H and O–H groups in total. The first-order valence-corrected chi connectivity index (χ1v) is 21.6. The molecule has 0 saturated carbocycles. The monoisotopic (exact) mass is 868 g/mol. The molecule has 14 heteroatoms. The second-order valence-electron chi connectivity index (χ2n) is 16.5. The fourth-order valence-electron chi connectivity index (χ4n) is 7.65. The van der Waals surface area contributed by atoms with Crippen LogP contribution in [0.3, 0.4) is 0 Å². The van der Waals surface area contributed by atoms with Gasteiger partial charge in [-0.1, -0.05) is 84.9 Å². The van der Waals surface area contributed by atoms with Crippen molar-refractivity contribution in [1.82, 2.24) is 9.97 Å². The van der Waals surface area contributed by atoms with Crippen molar-refractivity contribution in [2.24, 2.45) is 0 Å². The van der Waals surface area contributed by atoms with E-state index in [1.807, 2.05) is 96.1 Å². The van der Waals surface area contributed by atoms with E-state index >= 15 is 0 Å². The van der Waals surface area contributed by atoms with Crippen LogP contribution >= 0.6 is 0 Å². The Bertz CT molecular complexity index is 2930. The van der Waals surface area contributed by atoms with Crippen LogP contribution in [-0.4, -0.2) is 43.0 Å². The highest BCUT2D eigenvalue weighted by molar-refractivity contribution is 7.90. The largest absolute Gasteiger partial charge is 0.494 e. The molecule has 2 aromatic heterocycles. The van der Waals surface area contributed by atoms with Gasteiger partial charge in [0.15, 0.2) is 9.84 Å². The summed E-state index contributed by atoms with van der Waals surface area (Å²) in [6.45, 7) is 11.6. The Labute approximate surface area is 357 Å². The topological polar surface area (TPSA) is 78.4 Å². The summed E-state index contributed by atoms with van der Waals surface area (Å²) in [6, 6.07) is 30.2. The molecule has 1 saturated heterocycles. The van der Waals surface area contributed by atoms with Gasteiger partial charge in [0.05, 0.1) is 38.3 Å². The predicted molar refractivity (Wildman–Crippen MR) is 232 cm³/mol. The number of aryl methyl sites for hydroxylation is 2. The number of pyridine rings is 2. The van der Waals surface area contributed by atoms with Crippen LogP contribution in [0.15, 0.2) is 126 Å². The molecule has 7 aromatic rings. The number of aromatic nitrogens is 2. The van der Waals surface area contributed by atoms with Crippen molar-refractivity contribution in [1.29, 1.82) is 0 Å². The minimum Gasteiger partial charge on any atom is -0.399 e.